The number of benzene rings is 2. The second-order valence-corrected chi connectivity index (χ2v) is 5.92. The second kappa shape index (κ2) is 7.75. The lowest BCUT2D eigenvalue weighted by molar-refractivity contribution is -0.130. The maximum atomic E-state index is 13.1. The average molecular weight is 338 g/mol. The molecule has 0 bridgehead atoms. The van der Waals surface area contributed by atoms with Gasteiger partial charge in [-0.3, -0.25) is 4.79 Å². The SMILES string of the molecule is CN(Cc1ccccc1)C(=O)CCc1cnoc1-c1ccc(F)cc1. The molecule has 0 unspecified atom stereocenters. The van der Waals surface area contributed by atoms with Gasteiger partial charge in [0.25, 0.3) is 0 Å². The van der Waals surface area contributed by atoms with Gasteiger partial charge in [0.05, 0.1) is 6.20 Å². The number of rotatable bonds is 6. The van der Waals surface area contributed by atoms with Crippen LogP contribution < -0.4 is 0 Å². The van der Waals surface area contributed by atoms with E-state index in [4.69, 9.17) is 4.52 Å². The monoisotopic (exact) mass is 338 g/mol. The molecule has 0 fully saturated rings. The van der Waals surface area contributed by atoms with Gasteiger partial charge < -0.3 is 9.42 Å². The van der Waals surface area contributed by atoms with Crippen LogP contribution in [0.2, 0.25) is 0 Å². The summed E-state index contributed by atoms with van der Waals surface area (Å²) in [7, 11) is 1.80. The highest BCUT2D eigenvalue weighted by Gasteiger charge is 2.14. The second-order valence-electron chi connectivity index (χ2n) is 5.92. The lowest BCUT2D eigenvalue weighted by Gasteiger charge is -2.17. The van der Waals surface area contributed by atoms with Crippen molar-refractivity contribution in [3.05, 3.63) is 77.7 Å². The number of hydrogen-bond acceptors (Lipinski definition) is 3. The molecule has 0 saturated carbocycles. The summed E-state index contributed by atoms with van der Waals surface area (Å²) in [4.78, 5) is 14.1. The molecule has 0 aliphatic rings. The van der Waals surface area contributed by atoms with Gasteiger partial charge in [-0.1, -0.05) is 35.5 Å². The van der Waals surface area contributed by atoms with Crippen molar-refractivity contribution >= 4 is 5.91 Å². The summed E-state index contributed by atoms with van der Waals surface area (Å²) in [6.07, 6.45) is 2.50. The molecule has 0 spiro atoms. The molecule has 1 heterocycles. The predicted octanol–water partition coefficient (Wildman–Crippen LogP) is 4.07. The van der Waals surface area contributed by atoms with Gasteiger partial charge in [0.1, 0.15) is 5.82 Å². The van der Waals surface area contributed by atoms with Gasteiger partial charge in [0.2, 0.25) is 5.91 Å². The Kier molecular flexibility index (Phi) is 5.23. The summed E-state index contributed by atoms with van der Waals surface area (Å²) in [5, 5.41) is 3.82. The number of carbonyl (C=O) groups excluding carboxylic acids is 1. The Morgan fingerprint density at radius 3 is 2.56 bits per heavy atom. The lowest BCUT2D eigenvalue weighted by Crippen LogP contribution is -2.26. The maximum absolute atomic E-state index is 13.1. The van der Waals surface area contributed by atoms with Crippen LogP contribution in [-0.2, 0) is 17.8 Å². The first-order valence-corrected chi connectivity index (χ1v) is 8.11. The molecule has 1 aromatic heterocycles. The highest BCUT2D eigenvalue weighted by atomic mass is 19.1. The zero-order valence-corrected chi connectivity index (χ0v) is 14.0. The van der Waals surface area contributed by atoms with Crippen molar-refractivity contribution in [3.8, 4) is 11.3 Å². The predicted molar refractivity (Wildman–Crippen MR) is 93.1 cm³/mol. The van der Waals surface area contributed by atoms with Crippen LogP contribution in [0.5, 0.6) is 0 Å². The Bertz CT molecular complexity index is 828. The molecule has 2 aromatic carbocycles. The molecule has 1 amide bonds. The van der Waals surface area contributed by atoms with Gasteiger partial charge in [0.15, 0.2) is 5.76 Å². The van der Waals surface area contributed by atoms with Gasteiger partial charge in [-0.2, -0.15) is 0 Å². The van der Waals surface area contributed by atoms with E-state index in [2.05, 4.69) is 5.16 Å². The Labute approximate surface area is 145 Å². The largest absolute Gasteiger partial charge is 0.356 e. The van der Waals surface area contributed by atoms with E-state index in [0.29, 0.717) is 25.1 Å². The molecule has 5 heteroatoms. The van der Waals surface area contributed by atoms with Crippen LogP contribution in [0.3, 0.4) is 0 Å². The minimum absolute atomic E-state index is 0.0510. The Balaban J connectivity index is 1.61. The third-order valence-corrected chi connectivity index (χ3v) is 4.05. The number of halogens is 1. The zero-order valence-electron chi connectivity index (χ0n) is 14.0. The molecule has 3 aromatic rings. The Morgan fingerprint density at radius 1 is 1.12 bits per heavy atom. The molecular formula is C20H19FN2O2. The molecule has 25 heavy (non-hydrogen) atoms. The summed E-state index contributed by atoms with van der Waals surface area (Å²) in [5.74, 6) is 0.330. The van der Waals surface area contributed by atoms with Crippen LogP contribution in [0, 0.1) is 5.82 Å². The molecule has 4 nitrogen and oxygen atoms in total. The fourth-order valence-electron chi connectivity index (χ4n) is 2.66. The molecular weight excluding hydrogens is 319 g/mol. The molecule has 128 valence electrons. The third-order valence-electron chi connectivity index (χ3n) is 4.05. The van der Waals surface area contributed by atoms with E-state index in [0.717, 1.165) is 16.7 Å². The smallest absolute Gasteiger partial charge is 0.222 e. The number of carbonyl (C=O) groups is 1. The quantitative estimate of drug-likeness (QED) is 0.680. The summed E-state index contributed by atoms with van der Waals surface area (Å²) < 4.78 is 18.3. The molecule has 3 rings (SSSR count). The summed E-state index contributed by atoms with van der Waals surface area (Å²) in [6, 6.07) is 15.9. The van der Waals surface area contributed by atoms with Crippen molar-refractivity contribution in [1.82, 2.24) is 10.1 Å². The van der Waals surface area contributed by atoms with Gasteiger partial charge in [-0.15, -0.1) is 0 Å². The number of amides is 1. The van der Waals surface area contributed by atoms with Crippen LogP contribution >= 0.6 is 0 Å². The van der Waals surface area contributed by atoms with E-state index < -0.39 is 0 Å². The fourth-order valence-corrected chi connectivity index (χ4v) is 2.66. The van der Waals surface area contributed by atoms with Crippen molar-refractivity contribution in [3.63, 3.8) is 0 Å². The van der Waals surface area contributed by atoms with Crippen molar-refractivity contribution in [2.45, 2.75) is 19.4 Å². The molecule has 0 saturated heterocycles. The van der Waals surface area contributed by atoms with E-state index in [-0.39, 0.29) is 11.7 Å². The van der Waals surface area contributed by atoms with Crippen molar-refractivity contribution in [1.29, 1.82) is 0 Å². The summed E-state index contributed by atoms with van der Waals surface area (Å²) in [6.45, 7) is 0.578. The van der Waals surface area contributed by atoms with Crippen LogP contribution in [0.25, 0.3) is 11.3 Å². The van der Waals surface area contributed by atoms with Crippen molar-refractivity contribution in [2.24, 2.45) is 0 Å². The standard InChI is InChI=1S/C20H19FN2O2/c1-23(14-15-5-3-2-4-6-15)19(24)12-9-17-13-22-25-20(17)16-7-10-18(21)11-8-16/h2-8,10-11,13H,9,12,14H2,1H3. The molecule has 0 aliphatic heterocycles. The van der Waals surface area contributed by atoms with Gasteiger partial charge in [-0.05, 0) is 36.2 Å². The summed E-state index contributed by atoms with van der Waals surface area (Å²) in [5.41, 5.74) is 2.68. The molecule has 0 radical (unpaired) electrons. The van der Waals surface area contributed by atoms with Crippen molar-refractivity contribution in [2.75, 3.05) is 7.05 Å². The minimum atomic E-state index is -0.303. The van der Waals surface area contributed by atoms with E-state index >= 15 is 0 Å². The van der Waals surface area contributed by atoms with Gasteiger partial charge >= 0.3 is 0 Å². The van der Waals surface area contributed by atoms with Crippen molar-refractivity contribution < 1.29 is 13.7 Å². The fraction of sp³-hybridized carbons (Fsp3) is 0.200. The lowest BCUT2D eigenvalue weighted by atomic mass is 10.0. The number of hydrogen-bond donors (Lipinski definition) is 0. The van der Waals surface area contributed by atoms with Gasteiger partial charge in [0, 0.05) is 31.1 Å². The first-order chi connectivity index (χ1) is 12.1. The molecule has 0 aliphatic carbocycles. The van der Waals surface area contributed by atoms with E-state index in [1.807, 2.05) is 30.3 Å². The van der Waals surface area contributed by atoms with Gasteiger partial charge in [-0.25, -0.2) is 4.39 Å². The molecule has 0 N–H and O–H groups in total. The minimum Gasteiger partial charge on any atom is -0.356 e. The number of aromatic nitrogens is 1. The first kappa shape index (κ1) is 16.9. The van der Waals surface area contributed by atoms with E-state index in [1.165, 1.54) is 12.1 Å². The normalized spacial score (nSPS) is 10.6. The highest BCUT2D eigenvalue weighted by molar-refractivity contribution is 5.76. The van der Waals surface area contributed by atoms with Crippen LogP contribution in [0.4, 0.5) is 4.39 Å². The topological polar surface area (TPSA) is 46.3 Å². The van der Waals surface area contributed by atoms with E-state index in [9.17, 15) is 9.18 Å². The zero-order chi connectivity index (χ0) is 17.6. The number of aryl methyl sites for hydroxylation is 1. The first-order valence-electron chi connectivity index (χ1n) is 8.11. The molecule has 0 atom stereocenters. The maximum Gasteiger partial charge on any atom is 0.222 e. The average Bonchev–Trinajstić information content (AvgIpc) is 3.09. The Hall–Kier alpha value is -2.95. The third kappa shape index (κ3) is 4.32. The van der Waals surface area contributed by atoms with Crippen LogP contribution in [0.1, 0.15) is 17.5 Å². The van der Waals surface area contributed by atoms with E-state index in [1.54, 1.807) is 30.3 Å². The number of nitrogens with zero attached hydrogens (tertiary/aromatic N) is 2. The Morgan fingerprint density at radius 2 is 1.84 bits per heavy atom. The van der Waals surface area contributed by atoms with Crippen LogP contribution in [-0.4, -0.2) is 23.0 Å². The summed E-state index contributed by atoms with van der Waals surface area (Å²) >= 11 is 0. The highest BCUT2D eigenvalue weighted by Crippen LogP contribution is 2.25. The van der Waals surface area contributed by atoms with Crippen LogP contribution in [0.15, 0.2) is 65.3 Å².